The highest BCUT2D eigenvalue weighted by Gasteiger charge is 2.06. The molecule has 0 saturated heterocycles. The van der Waals surface area contributed by atoms with Crippen molar-refractivity contribution in [2.24, 2.45) is 0 Å². The second kappa shape index (κ2) is 4.56. The van der Waals surface area contributed by atoms with E-state index >= 15 is 0 Å². The zero-order valence-electron chi connectivity index (χ0n) is 10.9. The molecule has 5 heteroatoms. The molecule has 0 spiro atoms. The molecule has 4 aromatic rings. The Bertz CT molecular complexity index is 895. The van der Waals surface area contributed by atoms with E-state index in [9.17, 15) is 4.39 Å². The van der Waals surface area contributed by atoms with Crippen LogP contribution in [-0.4, -0.2) is 14.4 Å². The van der Waals surface area contributed by atoms with Crippen molar-refractivity contribution in [1.82, 2.24) is 14.4 Å². The van der Waals surface area contributed by atoms with E-state index < -0.39 is 0 Å². The normalized spacial score (nSPS) is 11.1. The van der Waals surface area contributed by atoms with E-state index in [2.05, 4.69) is 9.97 Å². The number of hydrogen-bond donors (Lipinski definition) is 0. The lowest BCUT2D eigenvalue weighted by atomic mass is 10.1. The molecule has 0 aliphatic heterocycles. The lowest BCUT2D eigenvalue weighted by molar-refractivity contribution is 0.572. The fourth-order valence-corrected chi connectivity index (χ4v) is 2.27. The molecule has 0 saturated carbocycles. The van der Waals surface area contributed by atoms with Crippen LogP contribution >= 0.6 is 0 Å². The molecular formula is C16H10FN3O. The smallest absolute Gasteiger partial charge is 0.181 e. The molecule has 4 nitrogen and oxygen atoms in total. The Balaban J connectivity index is 1.74. The first kappa shape index (κ1) is 11.8. The van der Waals surface area contributed by atoms with Gasteiger partial charge in [-0.05, 0) is 12.1 Å². The number of hydrogen-bond acceptors (Lipinski definition) is 3. The zero-order chi connectivity index (χ0) is 14.2. The van der Waals surface area contributed by atoms with Crippen LogP contribution in [0.3, 0.4) is 0 Å². The number of nitrogens with zero attached hydrogens (tertiary/aromatic N) is 3. The van der Waals surface area contributed by atoms with Crippen molar-refractivity contribution in [1.29, 1.82) is 0 Å². The zero-order valence-corrected chi connectivity index (χ0v) is 10.9. The summed E-state index contributed by atoms with van der Waals surface area (Å²) in [6, 6.07) is 10.9. The molecule has 0 aliphatic carbocycles. The standard InChI is InChI=1S/C16H10FN3O/c17-13-5-6-16-19-14(9-20(16)8-13)11-1-3-12(4-2-11)15-7-18-10-21-15/h1-10H. The summed E-state index contributed by atoms with van der Waals surface area (Å²) >= 11 is 0. The molecule has 0 N–H and O–H groups in total. The fraction of sp³-hybridized carbons (Fsp3) is 0. The molecule has 0 unspecified atom stereocenters. The van der Waals surface area contributed by atoms with Gasteiger partial charge in [-0.3, -0.25) is 0 Å². The molecular weight excluding hydrogens is 269 g/mol. The number of halogens is 1. The Labute approximate surface area is 119 Å². The lowest BCUT2D eigenvalue weighted by Crippen LogP contribution is -1.83. The van der Waals surface area contributed by atoms with Crippen molar-refractivity contribution in [3.63, 3.8) is 0 Å². The van der Waals surface area contributed by atoms with Crippen molar-refractivity contribution in [3.05, 3.63) is 67.2 Å². The molecule has 102 valence electrons. The number of aromatic nitrogens is 3. The van der Waals surface area contributed by atoms with E-state index in [4.69, 9.17) is 4.42 Å². The van der Waals surface area contributed by atoms with Crippen molar-refractivity contribution in [2.75, 3.05) is 0 Å². The Morgan fingerprint density at radius 3 is 2.52 bits per heavy atom. The van der Waals surface area contributed by atoms with Crippen molar-refractivity contribution >= 4 is 5.65 Å². The Morgan fingerprint density at radius 2 is 1.76 bits per heavy atom. The topological polar surface area (TPSA) is 43.3 Å². The fourth-order valence-electron chi connectivity index (χ4n) is 2.27. The van der Waals surface area contributed by atoms with Crippen LogP contribution < -0.4 is 0 Å². The first-order valence-electron chi connectivity index (χ1n) is 6.43. The highest BCUT2D eigenvalue weighted by molar-refractivity contribution is 5.67. The predicted octanol–water partition coefficient (Wildman–Crippen LogP) is 3.80. The molecule has 0 amide bonds. The number of pyridine rings is 1. The van der Waals surface area contributed by atoms with Gasteiger partial charge in [0.25, 0.3) is 0 Å². The molecule has 0 atom stereocenters. The van der Waals surface area contributed by atoms with Crippen LogP contribution in [-0.2, 0) is 0 Å². The third-order valence-electron chi connectivity index (χ3n) is 3.31. The summed E-state index contributed by atoms with van der Waals surface area (Å²) in [5.41, 5.74) is 3.42. The van der Waals surface area contributed by atoms with Gasteiger partial charge in [-0.15, -0.1) is 0 Å². The SMILES string of the molecule is Fc1ccc2nc(-c3ccc(-c4cnco4)cc3)cn2c1. The van der Waals surface area contributed by atoms with Crippen molar-refractivity contribution in [2.45, 2.75) is 0 Å². The Kier molecular flexibility index (Phi) is 2.57. The van der Waals surface area contributed by atoms with Gasteiger partial charge in [-0.2, -0.15) is 0 Å². The summed E-state index contributed by atoms with van der Waals surface area (Å²) in [5, 5.41) is 0. The number of rotatable bonds is 2. The van der Waals surface area contributed by atoms with Crippen LogP contribution in [0.25, 0.3) is 28.2 Å². The van der Waals surface area contributed by atoms with Gasteiger partial charge in [0, 0.05) is 23.5 Å². The minimum Gasteiger partial charge on any atom is -0.444 e. The number of benzene rings is 1. The maximum atomic E-state index is 13.2. The first-order chi connectivity index (χ1) is 10.3. The first-order valence-corrected chi connectivity index (χ1v) is 6.43. The molecule has 4 rings (SSSR count). The average molecular weight is 279 g/mol. The third-order valence-corrected chi connectivity index (χ3v) is 3.31. The van der Waals surface area contributed by atoms with Crippen molar-refractivity contribution in [3.8, 4) is 22.6 Å². The molecule has 0 bridgehead atoms. The van der Waals surface area contributed by atoms with E-state index in [1.807, 2.05) is 30.5 Å². The highest BCUT2D eigenvalue weighted by atomic mass is 19.1. The summed E-state index contributed by atoms with van der Waals surface area (Å²) in [7, 11) is 0. The van der Waals surface area contributed by atoms with Gasteiger partial charge in [0.1, 0.15) is 11.5 Å². The van der Waals surface area contributed by atoms with E-state index in [-0.39, 0.29) is 5.82 Å². The Hall–Kier alpha value is -2.95. The van der Waals surface area contributed by atoms with Gasteiger partial charge in [-0.1, -0.05) is 24.3 Å². The third kappa shape index (κ3) is 2.08. The van der Waals surface area contributed by atoms with E-state index in [0.29, 0.717) is 5.65 Å². The molecule has 0 radical (unpaired) electrons. The average Bonchev–Trinajstić information content (AvgIpc) is 3.16. The van der Waals surface area contributed by atoms with Crippen LogP contribution in [0.1, 0.15) is 0 Å². The molecule has 0 fully saturated rings. The number of imidazole rings is 1. The van der Waals surface area contributed by atoms with E-state index in [0.717, 1.165) is 22.6 Å². The quantitative estimate of drug-likeness (QED) is 0.560. The lowest BCUT2D eigenvalue weighted by Gasteiger charge is -1.98. The van der Waals surface area contributed by atoms with E-state index in [1.54, 1.807) is 16.7 Å². The second-order valence-electron chi connectivity index (χ2n) is 4.68. The van der Waals surface area contributed by atoms with Gasteiger partial charge in [-0.25, -0.2) is 14.4 Å². The van der Waals surface area contributed by atoms with Crippen molar-refractivity contribution < 1.29 is 8.81 Å². The maximum absolute atomic E-state index is 13.2. The van der Waals surface area contributed by atoms with Crippen LogP contribution in [0.2, 0.25) is 0 Å². The van der Waals surface area contributed by atoms with Crippen LogP contribution in [0.5, 0.6) is 0 Å². The Morgan fingerprint density at radius 1 is 0.952 bits per heavy atom. The summed E-state index contributed by atoms with van der Waals surface area (Å²) in [4.78, 5) is 8.38. The summed E-state index contributed by atoms with van der Waals surface area (Å²) in [6.45, 7) is 0. The maximum Gasteiger partial charge on any atom is 0.181 e. The van der Waals surface area contributed by atoms with Gasteiger partial charge in [0.15, 0.2) is 12.2 Å². The molecule has 3 heterocycles. The van der Waals surface area contributed by atoms with Crippen LogP contribution in [0.15, 0.2) is 65.8 Å². The minimum atomic E-state index is -0.285. The van der Waals surface area contributed by atoms with Gasteiger partial charge in [0.05, 0.1) is 11.9 Å². The predicted molar refractivity (Wildman–Crippen MR) is 76.1 cm³/mol. The number of oxazole rings is 1. The largest absolute Gasteiger partial charge is 0.444 e. The van der Waals surface area contributed by atoms with Crippen LogP contribution in [0.4, 0.5) is 4.39 Å². The summed E-state index contributed by atoms with van der Waals surface area (Å²) in [6.07, 6.45) is 6.29. The van der Waals surface area contributed by atoms with E-state index in [1.165, 1.54) is 18.7 Å². The molecule has 21 heavy (non-hydrogen) atoms. The van der Waals surface area contributed by atoms with Gasteiger partial charge in [0.2, 0.25) is 0 Å². The summed E-state index contributed by atoms with van der Waals surface area (Å²) < 4.78 is 20.1. The second-order valence-corrected chi connectivity index (χ2v) is 4.68. The molecule has 3 aromatic heterocycles. The van der Waals surface area contributed by atoms with Gasteiger partial charge < -0.3 is 8.82 Å². The van der Waals surface area contributed by atoms with Crippen LogP contribution in [0, 0.1) is 5.82 Å². The number of fused-ring (bicyclic) bond motifs is 1. The minimum absolute atomic E-state index is 0.285. The highest BCUT2D eigenvalue weighted by Crippen LogP contribution is 2.24. The summed E-state index contributed by atoms with van der Waals surface area (Å²) in [5.74, 6) is 0.436. The molecule has 0 aliphatic rings. The van der Waals surface area contributed by atoms with Gasteiger partial charge >= 0.3 is 0 Å². The molecule has 1 aromatic carbocycles. The monoisotopic (exact) mass is 279 g/mol.